The lowest BCUT2D eigenvalue weighted by molar-refractivity contribution is -0.175. The second kappa shape index (κ2) is 10.5. The molecule has 3 heterocycles. The van der Waals surface area contributed by atoms with E-state index in [1.165, 1.54) is 0 Å². The zero-order valence-electron chi connectivity index (χ0n) is 24.5. The standard InChI is InChI=1S/C32H37NO7/c1-10-32(39-21(6)18(2)3)26-15-27-20(5)23(16-33(27)28(34)25(26)17-37-29(32)35)13-22-14-24(12-11-19(22)4)38-30(36)40-31(7,8)9/h11-15H,5,10,16-17H2,1-4,6-9H3/b23-13-/t32-/m0/s1. The van der Waals surface area contributed by atoms with Crippen LogP contribution in [-0.4, -0.2) is 22.3 Å². The number of carbonyl (C=O) groups excluding carboxylic acids is 2. The van der Waals surface area contributed by atoms with E-state index in [0.29, 0.717) is 46.9 Å². The van der Waals surface area contributed by atoms with E-state index in [4.69, 9.17) is 18.9 Å². The van der Waals surface area contributed by atoms with Gasteiger partial charge in [0.1, 0.15) is 18.0 Å². The van der Waals surface area contributed by atoms with Gasteiger partial charge in [-0.15, -0.1) is 0 Å². The number of hydrogen-bond acceptors (Lipinski definition) is 7. The van der Waals surface area contributed by atoms with E-state index < -0.39 is 23.3 Å². The van der Waals surface area contributed by atoms with Crippen LogP contribution in [0.5, 0.6) is 5.75 Å². The summed E-state index contributed by atoms with van der Waals surface area (Å²) >= 11 is 0. The normalized spacial score (nSPS) is 19.1. The van der Waals surface area contributed by atoms with Crippen LogP contribution >= 0.6 is 0 Å². The lowest BCUT2D eigenvalue weighted by Crippen LogP contribution is -2.46. The molecule has 0 aliphatic carbocycles. The van der Waals surface area contributed by atoms with Gasteiger partial charge in [0.2, 0.25) is 5.60 Å². The molecular weight excluding hydrogens is 510 g/mol. The van der Waals surface area contributed by atoms with Crippen molar-refractivity contribution in [3.63, 3.8) is 0 Å². The van der Waals surface area contributed by atoms with Gasteiger partial charge in [-0.05, 0) is 107 Å². The molecule has 1 aromatic heterocycles. The largest absolute Gasteiger partial charge is 0.514 e. The highest BCUT2D eigenvalue weighted by Gasteiger charge is 2.49. The Labute approximate surface area is 234 Å². The van der Waals surface area contributed by atoms with Crippen molar-refractivity contribution in [1.82, 2.24) is 4.57 Å². The van der Waals surface area contributed by atoms with Gasteiger partial charge in [0.05, 0.1) is 23.6 Å². The van der Waals surface area contributed by atoms with Gasteiger partial charge in [-0.25, -0.2) is 9.59 Å². The Morgan fingerprint density at radius 2 is 1.88 bits per heavy atom. The number of allylic oxidation sites excluding steroid dienone is 4. The second-order valence-electron chi connectivity index (χ2n) is 11.5. The van der Waals surface area contributed by atoms with Gasteiger partial charge >= 0.3 is 12.1 Å². The lowest BCUT2D eigenvalue weighted by atomic mass is 9.85. The highest BCUT2D eigenvalue weighted by Crippen LogP contribution is 2.42. The summed E-state index contributed by atoms with van der Waals surface area (Å²) in [5, 5.41) is 0. The van der Waals surface area contributed by atoms with Gasteiger partial charge < -0.3 is 23.5 Å². The number of aryl methyl sites for hydroxylation is 1. The van der Waals surface area contributed by atoms with Crippen molar-refractivity contribution in [3.8, 4) is 5.75 Å². The van der Waals surface area contributed by atoms with Crippen LogP contribution in [0.3, 0.4) is 0 Å². The van der Waals surface area contributed by atoms with Crippen LogP contribution in [0, 0.1) is 6.92 Å². The summed E-state index contributed by atoms with van der Waals surface area (Å²) < 4.78 is 24.0. The summed E-state index contributed by atoms with van der Waals surface area (Å²) in [6.07, 6.45) is 1.45. The predicted octanol–water partition coefficient (Wildman–Crippen LogP) is 6.57. The molecule has 0 fully saturated rings. The lowest BCUT2D eigenvalue weighted by Gasteiger charge is -2.37. The molecule has 1 aromatic carbocycles. The van der Waals surface area contributed by atoms with Gasteiger partial charge in [0.25, 0.3) is 5.56 Å². The van der Waals surface area contributed by atoms with Crippen molar-refractivity contribution < 1.29 is 28.5 Å². The number of fused-ring (bicyclic) bond motifs is 2. The third-order valence-corrected chi connectivity index (χ3v) is 7.24. The van der Waals surface area contributed by atoms with Crippen LogP contribution in [0.15, 0.2) is 52.5 Å². The Morgan fingerprint density at radius 1 is 1.18 bits per heavy atom. The molecular formula is C32H37NO7. The summed E-state index contributed by atoms with van der Waals surface area (Å²) in [5.74, 6) is 0.440. The molecule has 2 aromatic rings. The van der Waals surface area contributed by atoms with Crippen molar-refractivity contribution in [2.45, 2.75) is 86.2 Å². The Bertz CT molecular complexity index is 1530. The minimum Gasteiger partial charge on any atom is -0.475 e. The highest BCUT2D eigenvalue weighted by atomic mass is 16.7. The number of aromatic nitrogens is 1. The van der Waals surface area contributed by atoms with Crippen molar-refractivity contribution in [1.29, 1.82) is 0 Å². The Morgan fingerprint density at radius 3 is 2.50 bits per heavy atom. The molecule has 2 aliphatic heterocycles. The van der Waals surface area contributed by atoms with Crippen LogP contribution in [0.1, 0.15) is 82.8 Å². The number of cyclic esters (lactones) is 1. The van der Waals surface area contributed by atoms with E-state index in [2.05, 4.69) is 6.58 Å². The first-order chi connectivity index (χ1) is 18.7. The van der Waals surface area contributed by atoms with E-state index in [1.807, 2.05) is 45.9 Å². The molecule has 0 spiro atoms. The maximum Gasteiger partial charge on any atom is 0.514 e. The van der Waals surface area contributed by atoms with E-state index >= 15 is 0 Å². The Kier molecular flexibility index (Phi) is 7.58. The molecule has 8 heteroatoms. The van der Waals surface area contributed by atoms with Crippen molar-refractivity contribution in [2.75, 3.05) is 0 Å². The van der Waals surface area contributed by atoms with Crippen LogP contribution in [0.25, 0.3) is 11.6 Å². The molecule has 0 radical (unpaired) electrons. The van der Waals surface area contributed by atoms with Gasteiger partial charge in [-0.1, -0.05) is 19.6 Å². The third kappa shape index (κ3) is 5.35. The maximum atomic E-state index is 13.7. The van der Waals surface area contributed by atoms with Gasteiger partial charge in [0, 0.05) is 5.56 Å². The molecule has 212 valence electrons. The molecule has 40 heavy (non-hydrogen) atoms. The summed E-state index contributed by atoms with van der Waals surface area (Å²) in [7, 11) is 0. The SMILES string of the molecule is C=C1/C(=C\c2cc(OC(=O)OC(C)(C)C)ccc2C)Cn2c1cc1c(c2=O)COC(=O)[C@@]1(CC)OC(C)=C(C)C. The molecule has 0 N–H and O–H groups in total. The molecule has 0 amide bonds. The Balaban J connectivity index is 1.74. The van der Waals surface area contributed by atoms with Gasteiger partial charge in [-0.2, -0.15) is 0 Å². The summed E-state index contributed by atoms with van der Waals surface area (Å²) in [6, 6.07) is 7.15. The van der Waals surface area contributed by atoms with E-state index in [0.717, 1.165) is 22.3 Å². The maximum absolute atomic E-state index is 13.7. The number of ether oxygens (including phenoxy) is 4. The molecule has 4 rings (SSSR count). The van der Waals surface area contributed by atoms with Gasteiger partial charge in [-0.3, -0.25) is 4.79 Å². The minimum atomic E-state index is -1.42. The van der Waals surface area contributed by atoms with Crippen LogP contribution < -0.4 is 10.3 Å². The minimum absolute atomic E-state index is 0.110. The van der Waals surface area contributed by atoms with E-state index in [9.17, 15) is 14.4 Å². The average molecular weight is 548 g/mol. The van der Waals surface area contributed by atoms with Crippen molar-refractivity contribution >= 4 is 23.8 Å². The number of rotatable bonds is 5. The van der Waals surface area contributed by atoms with Crippen LogP contribution in [-0.2, 0) is 37.8 Å². The fourth-order valence-electron chi connectivity index (χ4n) is 4.78. The van der Waals surface area contributed by atoms with Crippen molar-refractivity contribution in [2.24, 2.45) is 0 Å². The van der Waals surface area contributed by atoms with E-state index in [-0.39, 0.29) is 12.2 Å². The van der Waals surface area contributed by atoms with E-state index in [1.54, 1.807) is 44.4 Å². The van der Waals surface area contributed by atoms with Crippen molar-refractivity contribution in [3.05, 3.63) is 86.1 Å². The molecule has 0 saturated carbocycles. The highest BCUT2D eigenvalue weighted by molar-refractivity contribution is 5.88. The smallest absolute Gasteiger partial charge is 0.475 e. The van der Waals surface area contributed by atoms with Gasteiger partial charge in [0.15, 0.2) is 0 Å². The van der Waals surface area contributed by atoms with Crippen LogP contribution in [0.4, 0.5) is 4.79 Å². The molecule has 0 saturated heterocycles. The molecule has 0 bridgehead atoms. The number of esters is 1. The number of nitrogens with zero attached hydrogens (tertiary/aromatic N) is 1. The fraction of sp³-hybridized carbons (Fsp3) is 0.406. The topological polar surface area (TPSA) is 93.1 Å². The zero-order chi connectivity index (χ0) is 29.6. The first kappa shape index (κ1) is 28.9. The number of hydrogen-bond donors (Lipinski definition) is 0. The first-order valence-electron chi connectivity index (χ1n) is 13.4. The molecule has 2 aliphatic rings. The molecule has 1 atom stereocenters. The summed E-state index contributed by atoms with van der Waals surface area (Å²) in [6.45, 7) is 19.2. The first-order valence-corrected chi connectivity index (χ1v) is 13.4. The molecule has 8 nitrogen and oxygen atoms in total. The number of pyridine rings is 1. The zero-order valence-corrected chi connectivity index (χ0v) is 24.5. The predicted molar refractivity (Wildman–Crippen MR) is 153 cm³/mol. The second-order valence-corrected chi connectivity index (χ2v) is 11.5. The monoisotopic (exact) mass is 547 g/mol. The quantitative estimate of drug-likeness (QED) is 0.237. The number of benzene rings is 1. The third-order valence-electron chi connectivity index (χ3n) is 7.24. The summed E-state index contributed by atoms with van der Waals surface area (Å²) in [5.41, 5.74) is 3.41. The summed E-state index contributed by atoms with van der Waals surface area (Å²) in [4.78, 5) is 39.0. The average Bonchev–Trinajstić information content (AvgIpc) is 3.17. The van der Waals surface area contributed by atoms with Crippen LogP contribution in [0.2, 0.25) is 0 Å². The molecule has 0 unspecified atom stereocenters. The number of carbonyl (C=O) groups is 2. The Hall–Kier alpha value is -4.07. The fourth-order valence-corrected chi connectivity index (χ4v) is 4.78.